The zero-order valence-corrected chi connectivity index (χ0v) is 9.87. The molecule has 0 spiro atoms. The Labute approximate surface area is 105 Å². The van der Waals surface area contributed by atoms with Gasteiger partial charge in [0.25, 0.3) is 0 Å². The molecule has 1 atom stereocenters. The van der Waals surface area contributed by atoms with Gasteiger partial charge in [0.15, 0.2) is 0 Å². The van der Waals surface area contributed by atoms with Gasteiger partial charge in [-0.25, -0.2) is 0 Å². The van der Waals surface area contributed by atoms with Crippen LogP contribution in [0.1, 0.15) is 17.0 Å². The fourth-order valence-corrected chi connectivity index (χ4v) is 2.26. The number of ether oxygens (including phenoxy) is 1. The summed E-state index contributed by atoms with van der Waals surface area (Å²) in [6, 6.07) is 11.5. The lowest BCUT2D eigenvalue weighted by atomic mass is 9.93. The van der Waals surface area contributed by atoms with E-state index >= 15 is 0 Å². The summed E-state index contributed by atoms with van der Waals surface area (Å²) in [5.74, 6) is 0.886. The van der Waals surface area contributed by atoms with Crippen LogP contribution in [0.2, 0.25) is 0 Å². The minimum Gasteiger partial charge on any atom is -0.492 e. The number of fused-ring (bicyclic) bond motifs is 1. The van der Waals surface area contributed by atoms with Crippen LogP contribution in [0.25, 0.3) is 0 Å². The number of para-hydroxylation sites is 1. The second kappa shape index (κ2) is 4.61. The van der Waals surface area contributed by atoms with Crippen LogP contribution in [0.4, 0.5) is 0 Å². The van der Waals surface area contributed by atoms with Gasteiger partial charge in [-0.05, 0) is 17.7 Å². The molecule has 0 amide bonds. The molecule has 0 bridgehead atoms. The van der Waals surface area contributed by atoms with E-state index in [2.05, 4.69) is 4.98 Å². The minimum atomic E-state index is -0.138. The molecule has 2 heterocycles. The molecule has 18 heavy (non-hydrogen) atoms. The molecule has 3 nitrogen and oxygen atoms in total. The van der Waals surface area contributed by atoms with Crippen molar-refractivity contribution in [3.8, 4) is 5.75 Å². The standard InChI is InChI=1S/C15H13NO2/c17-14(8-11-4-3-7-16-9-11)13-10-18-15-6-2-1-5-12(13)15/h1-7,9,13H,8,10H2. The van der Waals surface area contributed by atoms with Crippen molar-refractivity contribution in [2.75, 3.05) is 6.61 Å². The largest absolute Gasteiger partial charge is 0.492 e. The normalized spacial score (nSPS) is 17.0. The molecular formula is C15H13NO2. The SMILES string of the molecule is O=C(Cc1cccnc1)C1COc2ccccc21. The smallest absolute Gasteiger partial charge is 0.148 e. The number of aromatic nitrogens is 1. The van der Waals surface area contributed by atoms with Gasteiger partial charge in [-0.2, -0.15) is 0 Å². The maximum absolute atomic E-state index is 12.3. The highest BCUT2D eigenvalue weighted by Gasteiger charge is 2.29. The van der Waals surface area contributed by atoms with Crippen molar-refractivity contribution in [3.05, 3.63) is 59.9 Å². The van der Waals surface area contributed by atoms with Gasteiger partial charge in [0, 0.05) is 24.4 Å². The molecule has 1 aromatic heterocycles. The van der Waals surface area contributed by atoms with E-state index in [0.29, 0.717) is 13.0 Å². The first kappa shape index (κ1) is 11.0. The highest BCUT2D eigenvalue weighted by molar-refractivity contribution is 5.89. The van der Waals surface area contributed by atoms with Crippen molar-refractivity contribution in [1.29, 1.82) is 0 Å². The second-order valence-corrected chi connectivity index (χ2v) is 4.41. The zero-order chi connectivity index (χ0) is 12.4. The number of pyridine rings is 1. The Kier molecular flexibility index (Phi) is 2.81. The Balaban J connectivity index is 1.79. The quantitative estimate of drug-likeness (QED) is 0.825. The van der Waals surface area contributed by atoms with Crippen molar-refractivity contribution in [1.82, 2.24) is 4.98 Å². The van der Waals surface area contributed by atoms with E-state index in [1.807, 2.05) is 36.4 Å². The zero-order valence-electron chi connectivity index (χ0n) is 9.87. The third kappa shape index (κ3) is 1.99. The molecule has 0 saturated carbocycles. The molecule has 0 N–H and O–H groups in total. The first-order valence-electron chi connectivity index (χ1n) is 5.98. The number of carbonyl (C=O) groups is 1. The van der Waals surface area contributed by atoms with E-state index in [4.69, 9.17) is 4.74 Å². The van der Waals surface area contributed by atoms with Crippen molar-refractivity contribution in [3.63, 3.8) is 0 Å². The number of ketones is 1. The van der Waals surface area contributed by atoms with Crippen molar-refractivity contribution in [2.24, 2.45) is 0 Å². The molecule has 2 aromatic rings. The molecule has 1 aromatic carbocycles. The number of nitrogens with zero attached hydrogens (tertiary/aromatic N) is 1. The predicted molar refractivity (Wildman–Crippen MR) is 67.6 cm³/mol. The van der Waals surface area contributed by atoms with Crippen molar-refractivity contribution < 1.29 is 9.53 Å². The van der Waals surface area contributed by atoms with E-state index < -0.39 is 0 Å². The van der Waals surface area contributed by atoms with Crippen LogP contribution in [0, 0.1) is 0 Å². The summed E-state index contributed by atoms with van der Waals surface area (Å²) in [5, 5.41) is 0. The van der Waals surface area contributed by atoms with Crippen molar-refractivity contribution >= 4 is 5.78 Å². The number of Topliss-reactive ketones (excluding diaryl/α,β-unsaturated/α-hetero) is 1. The summed E-state index contributed by atoms with van der Waals surface area (Å²) >= 11 is 0. The van der Waals surface area contributed by atoms with Crippen LogP contribution in [0.5, 0.6) is 5.75 Å². The Morgan fingerprint density at radius 3 is 3.00 bits per heavy atom. The molecule has 1 aliphatic rings. The monoisotopic (exact) mass is 239 g/mol. The summed E-state index contributed by atoms with van der Waals surface area (Å²) in [4.78, 5) is 16.3. The van der Waals surface area contributed by atoms with E-state index in [9.17, 15) is 4.79 Å². The molecule has 1 aliphatic heterocycles. The molecular weight excluding hydrogens is 226 g/mol. The van der Waals surface area contributed by atoms with Crippen molar-refractivity contribution in [2.45, 2.75) is 12.3 Å². The number of rotatable bonds is 3. The molecule has 1 unspecified atom stereocenters. The predicted octanol–water partition coefficient (Wildman–Crippen LogP) is 2.37. The first-order chi connectivity index (χ1) is 8.84. The Morgan fingerprint density at radius 1 is 1.28 bits per heavy atom. The minimum absolute atomic E-state index is 0.138. The maximum atomic E-state index is 12.3. The second-order valence-electron chi connectivity index (χ2n) is 4.41. The average Bonchev–Trinajstić information content (AvgIpc) is 2.84. The van der Waals surface area contributed by atoms with E-state index in [-0.39, 0.29) is 11.7 Å². The Hall–Kier alpha value is -2.16. The lowest BCUT2D eigenvalue weighted by Gasteiger charge is -2.07. The summed E-state index contributed by atoms with van der Waals surface area (Å²) < 4.78 is 5.53. The number of hydrogen-bond donors (Lipinski definition) is 0. The van der Waals surface area contributed by atoms with Gasteiger partial charge in [-0.3, -0.25) is 9.78 Å². The van der Waals surface area contributed by atoms with Crippen LogP contribution in [0.3, 0.4) is 0 Å². The Bertz CT molecular complexity index is 566. The third-order valence-corrected chi connectivity index (χ3v) is 3.19. The lowest BCUT2D eigenvalue weighted by Crippen LogP contribution is -2.16. The van der Waals surface area contributed by atoms with Gasteiger partial charge >= 0.3 is 0 Å². The van der Waals surface area contributed by atoms with Gasteiger partial charge in [-0.15, -0.1) is 0 Å². The fourth-order valence-electron chi connectivity index (χ4n) is 2.26. The first-order valence-corrected chi connectivity index (χ1v) is 5.98. The van der Waals surface area contributed by atoms with E-state index in [1.165, 1.54) is 0 Å². The van der Waals surface area contributed by atoms with Crippen LogP contribution >= 0.6 is 0 Å². The summed E-state index contributed by atoms with van der Waals surface area (Å²) in [5.41, 5.74) is 1.96. The van der Waals surface area contributed by atoms with E-state index in [1.54, 1.807) is 12.4 Å². The van der Waals surface area contributed by atoms with Crippen LogP contribution in [0.15, 0.2) is 48.8 Å². The molecule has 0 saturated heterocycles. The molecule has 3 heteroatoms. The van der Waals surface area contributed by atoms with Gasteiger partial charge in [0.2, 0.25) is 0 Å². The van der Waals surface area contributed by atoms with Gasteiger partial charge in [0.1, 0.15) is 18.1 Å². The highest BCUT2D eigenvalue weighted by Crippen LogP contribution is 2.34. The fraction of sp³-hybridized carbons (Fsp3) is 0.200. The van der Waals surface area contributed by atoms with Crippen LogP contribution in [-0.4, -0.2) is 17.4 Å². The number of hydrogen-bond acceptors (Lipinski definition) is 3. The molecule has 0 fully saturated rings. The summed E-state index contributed by atoms with van der Waals surface area (Å²) in [6.07, 6.45) is 3.86. The van der Waals surface area contributed by atoms with Crippen LogP contribution in [-0.2, 0) is 11.2 Å². The molecule has 3 rings (SSSR count). The number of carbonyl (C=O) groups excluding carboxylic acids is 1. The molecule has 90 valence electrons. The van der Waals surface area contributed by atoms with Crippen LogP contribution < -0.4 is 4.74 Å². The maximum Gasteiger partial charge on any atom is 0.148 e. The lowest BCUT2D eigenvalue weighted by molar-refractivity contribution is -0.120. The Morgan fingerprint density at radius 2 is 2.17 bits per heavy atom. The number of benzene rings is 1. The highest BCUT2D eigenvalue weighted by atomic mass is 16.5. The molecule has 0 radical (unpaired) electrons. The van der Waals surface area contributed by atoms with E-state index in [0.717, 1.165) is 16.9 Å². The van der Waals surface area contributed by atoms with Gasteiger partial charge in [-0.1, -0.05) is 24.3 Å². The third-order valence-electron chi connectivity index (χ3n) is 3.19. The average molecular weight is 239 g/mol. The summed E-state index contributed by atoms with van der Waals surface area (Å²) in [6.45, 7) is 0.457. The topological polar surface area (TPSA) is 39.2 Å². The summed E-state index contributed by atoms with van der Waals surface area (Å²) in [7, 11) is 0. The van der Waals surface area contributed by atoms with Gasteiger partial charge < -0.3 is 4.74 Å². The van der Waals surface area contributed by atoms with Gasteiger partial charge in [0.05, 0.1) is 5.92 Å². The molecule has 0 aliphatic carbocycles.